The molecule has 2 aromatic rings. The van der Waals surface area contributed by atoms with Crippen LogP contribution in [0, 0.1) is 12.7 Å². The molecule has 2 rings (SSSR count). The van der Waals surface area contributed by atoms with Gasteiger partial charge < -0.3 is 16.3 Å². The van der Waals surface area contributed by atoms with Crippen LogP contribution in [0.4, 0.5) is 10.1 Å². The van der Waals surface area contributed by atoms with Gasteiger partial charge in [-0.3, -0.25) is 4.79 Å². The first kappa shape index (κ1) is 14.4. The van der Waals surface area contributed by atoms with Gasteiger partial charge in [-0.2, -0.15) is 0 Å². The Hall–Kier alpha value is -2.96. The maximum atomic E-state index is 13.8. The number of pyridine rings is 1. The number of aromatic nitrogens is 1. The van der Waals surface area contributed by atoms with Crippen molar-refractivity contribution in [1.29, 1.82) is 0 Å². The number of aryl methyl sites for hydroxylation is 1. The summed E-state index contributed by atoms with van der Waals surface area (Å²) in [6.07, 6.45) is 0. The van der Waals surface area contributed by atoms with Gasteiger partial charge in [0.15, 0.2) is 5.84 Å². The highest BCUT2D eigenvalue weighted by Crippen LogP contribution is 2.19. The lowest BCUT2D eigenvalue weighted by atomic mass is 10.1. The van der Waals surface area contributed by atoms with Crippen LogP contribution in [0.25, 0.3) is 0 Å². The fraction of sp³-hybridized carbons (Fsp3) is 0.0714. The van der Waals surface area contributed by atoms with Crippen LogP contribution in [-0.4, -0.2) is 21.9 Å². The Kier molecular flexibility index (Phi) is 4.13. The minimum atomic E-state index is -0.708. The smallest absolute Gasteiger partial charge is 0.274 e. The van der Waals surface area contributed by atoms with E-state index in [-0.39, 0.29) is 16.9 Å². The number of anilines is 1. The van der Waals surface area contributed by atoms with Crippen LogP contribution < -0.4 is 11.1 Å². The fourth-order valence-electron chi connectivity index (χ4n) is 1.79. The molecule has 4 N–H and O–H groups in total. The largest absolute Gasteiger partial charge is 0.409 e. The second-order valence-corrected chi connectivity index (χ2v) is 4.27. The number of amidine groups is 1. The van der Waals surface area contributed by atoms with Crippen molar-refractivity contribution in [2.75, 3.05) is 5.32 Å². The zero-order chi connectivity index (χ0) is 15.4. The van der Waals surface area contributed by atoms with E-state index in [1.807, 2.05) is 0 Å². The van der Waals surface area contributed by atoms with Gasteiger partial charge in [-0.15, -0.1) is 0 Å². The quantitative estimate of drug-likeness (QED) is 0.347. The summed E-state index contributed by atoms with van der Waals surface area (Å²) in [5, 5.41) is 14.0. The summed E-state index contributed by atoms with van der Waals surface area (Å²) in [4.78, 5) is 16.2. The molecule has 0 aliphatic heterocycles. The Morgan fingerprint density at radius 3 is 2.71 bits per heavy atom. The molecule has 1 aromatic heterocycles. The Bertz CT molecular complexity index is 716. The molecule has 108 valence electrons. The highest BCUT2D eigenvalue weighted by atomic mass is 19.1. The molecule has 0 radical (unpaired) electrons. The lowest BCUT2D eigenvalue weighted by Crippen LogP contribution is -2.21. The van der Waals surface area contributed by atoms with E-state index in [1.54, 1.807) is 19.1 Å². The lowest BCUT2D eigenvalue weighted by molar-refractivity contribution is 0.102. The third-order valence-electron chi connectivity index (χ3n) is 2.75. The van der Waals surface area contributed by atoms with Gasteiger partial charge in [-0.1, -0.05) is 17.3 Å². The number of hydrogen-bond donors (Lipinski definition) is 3. The molecule has 0 fully saturated rings. The normalized spacial score (nSPS) is 11.2. The van der Waals surface area contributed by atoms with Gasteiger partial charge in [-0.05, 0) is 31.2 Å². The molecule has 0 saturated carbocycles. The number of nitrogens with two attached hydrogens (primary N) is 1. The van der Waals surface area contributed by atoms with Crippen LogP contribution >= 0.6 is 0 Å². The number of nitrogens with one attached hydrogen (secondary N) is 1. The second kappa shape index (κ2) is 6.00. The maximum absolute atomic E-state index is 13.8. The van der Waals surface area contributed by atoms with Crippen LogP contribution in [0.5, 0.6) is 0 Å². The van der Waals surface area contributed by atoms with Crippen LogP contribution in [0.15, 0.2) is 41.6 Å². The Balaban J connectivity index is 2.36. The highest BCUT2D eigenvalue weighted by Gasteiger charge is 2.16. The molecule has 1 heterocycles. The Morgan fingerprint density at radius 2 is 2.05 bits per heavy atom. The van der Waals surface area contributed by atoms with Gasteiger partial charge in [0.25, 0.3) is 5.91 Å². The number of rotatable bonds is 3. The van der Waals surface area contributed by atoms with E-state index >= 15 is 0 Å². The van der Waals surface area contributed by atoms with Gasteiger partial charge in [0, 0.05) is 5.69 Å². The van der Waals surface area contributed by atoms with E-state index in [0.717, 1.165) is 6.07 Å². The number of carbonyl (C=O) groups excluding carboxylic acids is 1. The molecular weight excluding hydrogens is 275 g/mol. The number of halogens is 1. The molecule has 0 aliphatic carbocycles. The topological polar surface area (TPSA) is 101 Å². The van der Waals surface area contributed by atoms with Crippen LogP contribution in [-0.2, 0) is 0 Å². The molecule has 1 aromatic carbocycles. The molecule has 0 unspecified atom stereocenters. The molecule has 7 heteroatoms. The molecule has 0 bridgehead atoms. The first-order valence-electron chi connectivity index (χ1n) is 6.04. The third kappa shape index (κ3) is 3.14. The summed E-state index contributed by atoms with van der Waals surface area (Å²) < 4.78 is 13.8. The predicted octanol–water partition coefficient (Wildman–Crippen LogP) is 1.88. The summed E-state index contributed by atoms with van der Waals surface area (Å²) in [5.41, 5.74) is 6.21. The van der Waals surface area contributed by atoms with E-state index in [0.29, 0.717) is 5.69 Å². The molecule has 21 heavy (non-hydrogen) atoms. The zero-order valence-electron chi connectivity index (χ0n) is 11.2. The maximum Gasteiger partial charge on any atom is 0.274 e. The summed E-state index contributed by atoms with van der Waals surface area (Å²) in [6, 6.07) is 8.97. The van der Waals surface area contributed by atoms with Crippen molar-refractivity contribution in [2.45, 2.75) is 6.92 Å². The molecule has 0 aliphatic rings. The van der Waals surface area contributed by atoms with E-state index in [2.05, 4.69) is 15.5 Å². The average Bonchev–Trinajstić information content (AvgIpc) is 2.46. The molecule has 1 amide bonds. The fourth-order valence-corrected chi connectivity index (χ4v) is 1.79. The zero-order valence-corrected chi connectivity index (χ0v) is 11.2. The number of carbonyl (C=O) groups is 1. The summed E-state index contributed by atoms with van der Waals surface area (Å²) in [7, 11) is 0. The summed E-state index contributed by atoms with van der Waals surface area (Å²) in [5.74, 6) is -1.66. The van der Waals surface area contributed by atoms with E-state index in [1.165, 1.54) is 18.2 Å². The van der Waals surface area contributed by atoms with E-state index in [9.17, 15) is 9.18 Å². The van der Waals surface area contributed by atoms with Crippen molar-refractivity contribution in [3.63, 3.8) is 0 Å². The highest BCUT2D eigenvalue weighted by molar-refractivity contribution is 6.09. The average molecular weight is 288 g/mol. The number of benzene rings is 1. The number of hydrogen-bond acceptors (Lipinski definition) is 4. The monoisotopic (exact) mass is 288 g/mol. The van der Waals surface area contributed by atoms with Crippen LogP contribution in [0.3, 0.4) is 0 Å². The number of amides is 1. The molecule has 0 saturated heterocycles. The number of nitrogens with zero attached hydrogens (tertiary/aromatic N) is 2. The number of oxime groups is 1. The minimum absolute atomic E-state index is 0.0959. The third-order valence-corrected chi connectivity index (χ3v) is 2.75. The Morgan fingerprint density at radius 1 is 1.33 bits per heavy atom. The van der Waals surface area contributed by atoms with Crippen molar-refractivity contribution in [3.05, 3.63) is 59.2 Å². The van der Waals surface area contributed by atoms with Crippen molar-refractivity contribution in [3.8, 4) is 0 Å². The SMILES string of the molecule is Cc1cccc(C(=O)Nc2cccc(F)c2/C(N)=N/O)n1. The van der Waals surface area contributed by atoms with Gasteiger partial charge in [0.2, 0.25) is 0 Å². The first-order valence-corrected chi connectivity index (χ1v) is 6.04. The lowest BCUT2D eigenvalue weighted by Gasteiger charge is -2.10. The van der Waals surface area contributed by atoms with Crippen molar-refractivity contribution in [1.82, 2.24) is 4.98 Å². The van der Waals surface area contributed by atoms with Crippen LogP contribution in [0.2, 0.25) is 0 Å². The minimum Gasteiger partial charge on any atom is -0.409 e. The van der Waals surface area contributed by atoms with Gasteiger partial charge in [-0.25, -0.2) is 9.37 Å². The first-order chi connectivity index (χ1) is 10.0. The molecule has 6 nitrogen and oxygen atoms in total. The van der Waals surface area contributed by atoms with E-state index in [4.69, 9.17) is 10.9 Å². The molecule has 0 spiro atoms. The van der Waals surface area contributed by atoms with E-state index < -0.39 is 17.6 Å². The molecular formula is C14H13FN4O2. The predicted molar refractivity (Wildman–Crippen MR) is 75.8 cm³/mol. The second-order valence-electron chi connectivity index (χ2n) is 4.27. The van der Waals surface area contributed by atoms with Crippen molar-refractivity contribution < 1.29 is 14.4 Å². The summed E-state index contributed by atoms with van der Waals surface area (Å²) in [6.45, 7) is 1.75. The standard InChI is InChI=1S/C14H13FN4O2/c1-8-4-2-7-11(17-8)14(20)18-10-6-3-5-9(15)12(10)13(16)19-21/h2-7,21H,1H3,(H2,16,19)(H,18,20). The van der Waals surface area contributed by atoms with Gasteiger partial charge >= 0.3 is 0 Å². The van der Waals surface area contributed by atoms with Crippen molar-refractivity contribution in [2.24, 2.45) is 10.9 Å². The van der Waals surface area contributed by atoms with Gasteiger partial charge in [0.05, 0.1) is 11.3 Å². The van der Waals surface area contributed by atoms with Crippen LogP contribution in [0.1, 0.15) is 21.7 Å². The van der Waals surface area contributed by atoms with Crippen molar-refractivity contribution >= 4 is 17.4 Å². The Labute approximate surface area is 120 Å². The summed E-state index contributed by atoms with van der Waals surface area (Å²) >= 11 is 0. The molecule has 0 atom stereocenters. The van der Waals surface area contributed by atoms with Gasteiger partial charge in [0.1, 0.15) is 11.5 Å².